The molecule has 122 valence electrons. The fourth-order valence-corrected chi connectivity index (χ4v) is 3.70. The largest absolute Gasteiger partial charge is 0.508 e. The summed E-state index contributed by atoms with van der Waals surface area (Å²) in [5.74, 6) is 0.715. The quantitative estimate of drug-likeness (QED) is 0.688. The summed E-state index contributed by atoms with van der Waals surface area (Å²) in [6, 6.07) is 11.5. The zero-order valence-electron chi connectivity index (χ0n) is 13.4. The molecule has 0 spiro atoms. The Labute approximate surface area is 140 Å². The number of nitrogens with one attached hydrogen (secondary N) is 1. The number of hydrogen-bond acceptors (Lipinski definition) is 3. The average molecular weight is 320 g/mol. The number of aromatic amines is 1. The average Bonchev–Trinajstić information content (AvgIpc) is 3.25. The van der Waals surface area contributed by atoms with Crippen molar-refractivity contribution < 1.29 is 10.2 Å². The lowest BCUT2D eigenvalue weighted by atomic mass is 9.91. The molecule has 1 aromatic heterocycles. The number of imidazole rings is 1. The molecule has 0 aliphatic heterocycles. The number of phenols is 1. The van der Waals surface area contributed by atoms with Crippen LogP contribution in [0.5, 0.6) is 5.75 Å². The molecule has 4 heteroatoms. The highest BCUT2D eigenvalue weighted by atomic mass is 16.3. The maximum Gasteiger partial charge on any atom is 0.115 e. The van der Waals surface area contributed by atoms with Gasteiger partial charge in [-0.2, -0.15) is 0 Å². The highest BCUT2D eigenvalue weighted by Gasteiger charge is 2.25. The van der Waals surface area contributed by atoms with Crippen LogP contribution in [0.3, 0.4) is 0 Å². The molecule has 0 radical (unpaired) electrons. The van der Waals surface area contributed by atoms with Crippen LogP contribution in [0.1, 0.15) is 34.7 Å². The Morgan fingerprint density at radius 3 is 2.71 bits per heavy atom. The summed E-state index contributed by atoms with van der Waals surface area (Å²) in [6.07, 6.45) is 6.78. The molecule has 3 aromatic rings. The smallest absolute Gasteiger partial charge is 0.115 e. The van der Waals surface area contributed by atoms with Crippen LogP contribution in [0.25, 0.3) is 11.1 Å². The van der Waals surface area contributed by atoms with E-state index in [1.807, 2.05) is 18.3 Å². The Kier molecular flexibility index (Phi) is 3.82. The van der Waals surface area contributed by atoms with Gasteiger partial charge in [-0.15, -0.1) is 0 Å². The zero-order valence-corrected chi connectivity index (χ0v) is 13.4. The standard InChI is InChI=1S/C20H20N2O2/c23-11-16-9-20-14(7-17-10-21-12-22-17)1-2-15(20)8-19(16)13-3-5-18(24)6-4-13/h3-6,8-10,12,14,23-24H,1-2,7,11H2,(H,21,22). The number of aromatic nitrogens is 2. The van der Waals surface area contributed by atoms with Gasteiger partial charge in [0.1, 0.15) is 5.75 Å². The first-order valence-corrected chi connectivity index (χ1v) is 8.28. The predicted octanol–water partition coefficient (Wildman–Crippen LogP) is 3.55. The molecule has 2 aromatic carbocycles. The van der Waals surface area contributed by atoms with Gasteiger partial charge >= 0.3 is 0 Å². The van der Waals surface area contributed by atoms with E-state index in [9.17, 15) is 10.2 Å². The van der Waals surface area contributed by atoms with Crippen LogP contribution in [0.2, 0.25) is 0 Å². The van der Waals surface area contributed by atoms with Gasteiger partial charge in [-0.05, 0) is 65.1 Å². The third-order valence-corrected chi connectivity index (χ3v) is 4.93. The second-order valence-corrected chi connectivity index (χ2v) is 6.41. The fraction of sp³-hybridized carbons (Fsp3) is 0.250. The van der Waals surface area contributed by atoms with Crippen molar-refractivity contribution in [2.75, 3.05) is 0 Å². The van der Waals surface area contributed by atoms with Crippen molar-refractivity contribution in [2.45, 2.75) is 31.8 Å². The molecule has 1 unspecified atom stereocenters. The number of aliphatic hydroxyl groups is 1. The molecule has 0 saturated carbocycles. The minimum absolute atomic E-state index is 0.0125. The number of aromatic hydroxyl groups is 1. The minimum atomic E-state index is 0.0125. The molecule has 1 heterocycles. The number of fused-ring (bicyclic) bond motifs is 1. The molecule has 1 aliphatic rings. The number of hydrogen-bond donors (Lipinski definition) is 3. The summed E-state index contributed by atoms with van der Waals surface area (Å²) >= 11 is 0. The van der Waals surface area contributed by atoms with Crippen LogP contribution in [-0.4, -0.2) is 20.2 Å². The Morgan fingerprint density at radius 2 is 2.00 bits per heavy atom. The van der Waals surface area contributed by atoms with E-state index in [1.54, 1.807) is 18.5 Å². The number of nitrogens with zero attached hydrogens (tertiary/aromatic N) is 1. The van der Waals surface area contributed by atoms with E-state index in [4.69, 9.17) is 0 Å². The molecule has 0 amide bonds. The first-order chi connectivity index (χ1) is 11.7. The van der Waals surface area contributed by atoms with Crippen molar-refractivity contribution in [3.8, 4) is 16.9 Å². The van der Waals surface area contributed by atoms with Crippen LogP contribution in [0, 0.1) is 0 Å². The summed E-state index contributed by atoms with van der Waals surface area (Å²) in [4.78, 5) is 7.35. The fourth-order valence-electron chi connectivity index (χ4n) is 3.70. The van der Waals surface area contributed by atoms with Crippen LogP contribution >= 0.6 is 0 Å². The molecule has 4 nitrogen and oxygen atoms in total. The third kappa shape index (κ3) is 2.69. The van der Waals surface area contributed by atoms with Gasteiger partial charge in [0.05, 0.1) is 18.6 Å². The SMILES string of the molecule is OCc1cc2c(cc1-c1ccc(O)cc1)CCC2Cc1c[nH]cn1. The van der Waals surface area contributed by atoms with Gasteiger partial charge in [-0.1, -0.05) is 24.3 Å². The topological polar surface area (TPSA) is 69.1 Å². The number of benzene rings is 2. The lowest BCUT2D eigenvalue weighted by Crippen LogP contribution is -2.01. The highest BCUT2D eigenvalue weighted by molar-refractivity contribution is 5.70. The highest BCUT2D eigenvalue weighted by Crippen LogP contribution is 2.39. The van der Waals surface area contributed by atoms with Crippen molar-refractivity contribution in [3.63, 3.8) is 0 Å². The molecular formula is C20H20N2O2. The molecule has 0 fully saturated rings. The number of rotatable bonds is 4. The molecule has 4 rings (SSSR count). The van der Waals surface area contributed by atoms with E-state index in [0.29, 0.717) is 5.92 Å². The van der Waals surface area contributed by atoms with E-state index >= 15 is 0 Å². The van der Waals surface area contributed by atoms with Crippen molar-refractivity contribution >= 4 is 0 Å². The van der Waals surface area contributed by atoms with E-state index in [1.165, 1.54) is 11.1 Å². The molecule has 1 aliphatic carbocycles. The summed E-state index contributed by atoms with van der Waals surface area (Å²) < 4.78 is 0. The third-order valence-electron chi connectivity index (χ3n) is 4.93. The van der Waals surface area contributed by atoms with Crippen LogP contribution in [-0.2, 0) is 19.4 Å². The Balaban J connectivity index is 1.71. The van der Waals surface area contributed by atoms with Gasteiger partial charge < -0.3 is 15.2 Å². The van der Waals surface area contributed by atoms with Crippen LogP contribution in [0.4, 0.5) is 0 Å². The van der Waals surface area contributed by atoms with Crippen molar-refractivity contribution in [1.82, 2.24) is 9.97 Å². The minimum Gasteiger partial charge on any atom is -0.508 e. The van der Waals surface area contributed by atoms with E-state index in [0.717, 1.165) is 41.6 Å². The Morgan fingerprint density at radius 1 is 1.17 bits per heavy atom. The monoisotopic (exact) mass is 320 g/mol. The lowest BCUT2D eigenvalue weighted by Gasteiger charge is -2.15. The molecule has 0 saturated heterocycles. The number of aryl methyl sites for hydroxylation is 1. The van der Waals surface area contributed by atoms with Crippen LogP contribution < -0.4 is 0 Å². The van der Waals surface area contributed by atoms with Gasteiger partial charge in [0.25, 0.3) is 0 Å². The predicted molar refractivity (Wildman–Crippen MR) is 92.8 cm³/mol. The van der Waals surface area contributed by atoms with Crippen LogP contribution in [0.15, 0.2) is 48.9 Å². The number of phenolic OH excluding ortho intramolecular Hbond substituents is 1. The second kappa shape index (κ2) is 6.13. The number of H-pyrrole nitrogens is 1. The van der Waals surface area contributed by atoms with E-state index in [-0.39, 0.29) is 12.4 Å². The van der Waals surface area contributed by atoms with E-state index < -0.39 is 0 Å². The summed E-state index contributed by atoms with van der Waals surface area (Å²) in [7, 11) is 0. The number of aliphatic hydroxyl groups excluding tert-OH is 1. The Hall–Kier alpha value is -2.59. The molecular weight excluding hydrogens is 300 g/mol. The maximum absolute atomic E-state index is 9.84. The molecule has 1 atom stereocenters. The van der Waals surface area contributed by atoms with E-state index in [2.05, 4.69) is 22.1 Å². The first-order valence-electron chi connectivity index (χ1n) is 8.28. The van der Waals surface area contributed by atoms with Crippen molar-refractivity contribution in [1.29, 1.82) is 0 Å². The van der Waals surface area contributed by atoms with Gasteiger partial charge in [-0.3, -0.25) is 0 Å². The van der Waals surface area contributed by atoms with Crippen molar-refractivity contribution in [2.24, 2.45) is 0 Å². The normalized spacial score (nSPS) is 16.3. The van der Waals surface area contributed by atoms with Gasteiger partial charge in [0, 0.05) is 6.20 Å². The molecule has 3 N–H and O–H groups in total. The molecule has 24 heavy (non-hydrogen) atoms. The Bertz CT molecular complexity index is 839. The summed E-state index contributed by atoms with van der Waals surface area (Å²) in [5, 5.41) is 19.3. The van der Waals surface area contributed by atoms with Gasteiger partial charge in [0.2, 0.25) is 0 Å². The molecule has 0 bridgehead atoms. The summed E-state index contributed by atoms with van der Waals surface area (Å²) in [5.41, 5.74) is 6.79. The maximum atomic E-state index is 9.84. The first kappa shape index (κ1) is 15.0. The lowest BCUT2D eigenvalue weighted by molar-refractivity contribution is 0.282. The summed E-state index contributed by atoms with van der Waals surface area (Å²) in [6.45, 7) is 0.0125. The van der Waals surface area contributed by atoms with Crippen molar-refractivity contribution in [3.05, 3.63) is 71.3 Å². The van der Waals surface area contributed by atoms with Gasteiger partial charge in [-0.25, -0.2) is 4.98 Å². The second-order valence-electron chi connectivity index (χ2n) is 6.41. The van der Waals surface area contributed by atoms with Gasteiger partial charge in [0.15, 0.2) is 0 Å². The zero-order chi connectivity index (χ0) is 16.5.